The van der Waals surface area contributed by atoms with Crippen molar-refractivity contribution in [2.75, 3.05) is 13.6 Å². The zero-order chi connectivity index (χ0) is 15.0. The third-order valence-electron chi connectivity index (χ3n) is 2.86. The Balaban J connectivity index is 0.00000400. The van der Waals surface area contributed by atoms with Gasteiger partial charge < -0.3 is 10.6 Å². The standard InChI is InChI=1S/C15H21FN4.HI/c1-11(2)6-7-19-15(18-3)20-10-13-8-12(9-17)4-5-14(13)16;/h4-5,8,11H,6-7,10H2,1-3H3,(H2,18,19,20);1H. The fraction of sp³-hybridized carbons (Fsp3) is 0.467. The van der Waals surface area contributed by atoms with Crippen LogP contribution in [0.5, 0.6) is 0 Å². The summed E-state index contributed by atoms with van der Waals surface area (Å²) in [5.41, 5.74) is 0.904. The molecule has 0 amide bonds. The molecule has 0 fully saturated rings. The van der Waals surface area contributed by atoms with Crippen LogP contribution in [0.15, 0.2) is 23.2 Å². The van der Waals surface area contributed by atoms with Gasteiger partial charge in [-0.15, -0.1) is 24.0 Å². The molecule has 0 spiro atoms. The van der Waals surface area contributed by atoms with E-state index in [4.69, 9.17) is 5.26 Å². The Hall–Kier alpha value is -1.36. The van der Waals surface area contributed by atoms with E-state index >= 15 is 0 Å². The monoisotopic (exact) mass is 404 g/mol. The normalized spacial score (nSPS) is 10.8. The van der Waals surface area contributed by atoms with Crippen LogP contribution in [0.2, 0.25) is 0 Å². The number of rotatable bonds is 5. The Labute approximate surface area is 142 Å². The van der Waals surface area contributed by atoms with Crippen LogP contribution in [-0.4, -0.2) is 19.6 Å². The van der Waals surface area contributed by atoms with E-state index in [0.29, 0.717) is 29.5 Å². The molecule has 0 bridgehead atoms. The minimum absolute atomic E-state index is 0. The van der Waals surface area contributed by atoms with Gasteiger partial charge in [0.2, 0.25) is 0 Å². The minimum atomic E-state index is -0.325. The molecule has 4 nitrogen and oxygen atoms in total. The fourth-order valence-corrected chi connectivity index (χ4v) is 1.66. The molecular formula is C15H22FIN4. The molecule has 116 valence electrons. The van der Waals surface area contributed by atoms with Crippen LogP contribution in [-0.2, 0) is 6.54 Å². The first-order valence-electron chi connectivity index (χ1n) is 6.70. The molecule has 0 saturated heterocycles. The maximum absolute atomic E-state index is 13.6. The minimum Gasteiger partial charge on any atom is -0.356 e. The molecule has 1 aromatic rings. The van der Waals surface area contributed by atoms with Crippen LogP contribution in [0, 0.1) is 23.1 Å². The highest BCUT2D eigenvalue weighted by Crippen LogP contribution is 2.09. The topological polar surface area (TPSA) is 60.2 Å². The second-order valence-corrected chi connectivity index (χ2v) is 4.95. The third kappa shape index (κ3) is 7.27. The number of nitrogens with one attached hydrogen (secondary N) is 2. The molecule has 0 saturated carbocycles. The number of nitriles is 1. The number of aliphatic imine (C=N–C) groups is 1. The van der Waals surface area contributed by atoms with Crippen LogP contribution < -0.4 is 10.6 Å². The first-order valence-corrected chi connectivity index (χ1v) is 6.70. The number of benzene rings is 1. The Kier molecular flexibility index (Phi) is 9.71. The highest BCUT2D eigenvalue weighted by atomic mass is 127. The van der Waals surface area contributed by atoms with Gasteiger partial charge in [0.05, 0.1) is 11.6 Å². The van der Waals surface area contributed by atoms with Crippen LogP contribution >= 0.6 is 24.0 Å². The van der Waals surface area contributed by atoms with Gasteiger partial charge in [-0.1, -0.05) is 13.8 Å². The van der Waals surface area contributed by atoms with Gasteiger partial charge in [0.25, 0.3) is 0 Å². The summed E-state index contributed by atoms with van der Waals surface area (Å²) in [7, 11) is 1.67. The van der Waals surface area contributed by atoms with Gasteiger partial charge in [-0.25, -0.2) is 4.39 Å². The highest BCUT2D eigenvalue weighted by molar-refractivity contribution is 14.0. The number of guanidine groups is 1. The summed E-state index contributed by atoms with van der Waals surface area (Å²) < 4.78 is 13.6. The van der Waals surface area contributed by atoms with Crippen molar-refractivity contribution >= 4 is 29.9 Å². The summed E-state index contributed by atoms with van der Waals surface area (Å²) in [6.07, 6.45) is 1.04. The molecule has 0 atom stereocenters. The van der Waals surface area contributed by atoms with Crippen LogP contribution in [0.25, 0.3) is 0 Å². The Morgan fingerprint density at radius 2 is 2.10 bits per heavy atom. The summed E-state index contributed by atoms with van der Waals surface area (Å²) in [5, 5.41) is 15.0. The predicted octanol–water partition coefficient (Wildman–Crippen LogP) is 3.03. The van der Waals surface area contributed by atoms with Gasteiger partial charge in [-0.3, -0.25) is 4.99 Å². The number of hydrogen-bond donors (Lipinski definition) is 2. The van der Waals surface area contributed by atoms with Crippen LogP contribution in [0.1, 0.15) is 31.4 Å². The lowest BCUT2D eigenvalue weighted by molar-refractivity contribution is 0.572. The van der Waals surface area contributed by atoms with Gasteiger partial charge in [0, 0.05) is 25.7 Å². The summed E-state index contributed by atoms with van der Waals surface area (Å²) in [4.78, 5) is 4.08. The SMILES string of the molecule is CN=C(NCCC(C)C)NCc1cc(C#N)ccc1F.I. The van der Waals surface area contributed by atoms with Crippen molar-refractivity contribution in [2.45, 2.75) is 26.8 Å². The summed E-state index contributed by atoms with van der Waals surface area (Å²) in [6.45, 7) is 5.42. The molecule has 0 unspecified atom stereocenters. The molecule has 2 N–H and O–H groups in total. The van der Waals surface area contributed by atoms with E-state index in [1.807, 2.05) is 6.07 Å². The Bertz CT molecular complexity index is 509. The zero-order valence-corrected chi connectivity index (χ0v) is 14.9. The number of hydrogen-bond acceptors (Lipinski definition) is 2. The van der Waals surface area contributed by atoms with Crippen molar-refractivity contribution in [2.24, 2.45) is 10.9 Å². The Morgan fingerprint density at radius 1 is 1.38 bits per heavy atom. The average molecular weight is 404 g/mol. The molecular weight excluding hydrogens is 382 g/mol. The lowest BCUT2D eigenvalue weighted by Gasteiger charge is -2.13. The first kappa shape index (κ1) is 19.6. The number of halogens is 2. The van der Waals surface area contributed by atoms with E-state index < -0.39 is 0 Å². The van der Waals surface area contributed by atoms with Gasteiger partial charge in [0.1, 0.15) is 5.82 Å². The molecule has 6 heteroatoms. The van der Waals surface area contributed by atoms with E-state index in [1.165, 1.54) is 12.1 Å². The molecule has 0 heterocycles. The van der Waals surface area contributed by atoms with Gasteiger partial charge >= 0.3 is 0 Å². The van der Waals surface area contributed by atoms with E-state index in [0.717, 1.165) is 13.0 Å². The molecule has 1 rings (SSSR count). The zero-order valence-electron chi connectivity index (χ0n) is 12.6. The predicted molar refractivity (Wildman–Crippen MR) is 94.2 cm³/mol. The lowest BCUT2D eigenvalue weighted by Crippen LogP contribution is -2.37. The second kappa shape index (κ2) is 10.4. The van der Waals surface area contributed by atoms with Crippen molar-refractivity contribution in [3.05, 3.63) is 35.1 Å². The smallest absolute Gasteiger partial charge is 0.191 e. The largest absolute Gasteiger partial charge is 0.356 e. The van der Waals surface area contributed by atoms with Crippen LogP contribution in [0.4, 0.5) is 4.39 Å². The van der Waals surface area contributed by atoms with Crippen molar-refractivity contribution in [3.63, 3.8) is 0 Å². The van der Waals surface area contributed by atoms with Crippen molar-refractivity contribution in [1.82, 2.24) is 10.6 Å². The molecule has 0 radical (unpaired) electrons. The lowest BCUT2D eigenvalue weighted by atomic mass is 10.1. The molecule has 1 aromatic carbocycles. The van der Waals surface area contributed by atoms with Crippen molar-refractivity contribution in [1.29, 1.82) is 5.26 Å². The quantitative estimate of drug-likeness (QED) is 0.451. The summed E-state index contributed by atoms with van der Waals surface area (Å²) in [6, 6.07) is 6.32. The van der Waals surface area contributed by atoms with Crippen LogP contribution in [0.3, 0.4) is 0 Å². The molecule has 0 aliphatic carbocycles. The van der Waals surface area contributed by atoms with Crippen molar-refractivity contribution < 1.29 is 4.39 Å². The Morgan fingerprint density at radius 3 is 2.67 bits per heavy atom. The van der Waals surface area contributed by atoms with E-state index in [-0.39, 0.29) is 29.8 Å². The first-order chi connectivity index (χ1) is 9.56. The maximum Gasteiger partial charge on any atom is 0.191 e. The van der Waals surface area contributed by atoms with E-state index in [2.05, 4.69) is 29.5 Å². The molecule has 0 aliphatic heterocycles. The maximum atomic E-state index is 13.6. The summed E-state index contributed by atoms with van der Waals surface area (Å²) >= 11 is 0. The molecule has 0 aliphatic rings. The van der Waals surface area contributed by atoms with E-state index in [9.17, 15) is 4.39 Å². The second-order valence-electron chi connectivity index (χ2n) is 4.95. The average Bonchev–Trinajstić information content (AvgIpc) is 2.43. The molecule has 21 heavy (non-hydrogen) atoms. The van der Waals surface area contributed by atoms with Gasteiger partial charge in [0.15, 0.2) is 5.96 Å². The number of nitrogens with zero attached hydrogens (tertiary/aromatic N) is 2. The highest BCUT2D eigenvalue weighted by Gasteiger charge is 2.05. The van der Waals surface area contributed by atoms with Crippen molar-refractivity contribution in [3.8, 4) is 6.07 Å². The summed E-state index contributed by atoms with van der Waals surface area (Å²) in [5.74, 6) is 0.923. The van der Waals surface area contributed by atoms with Gasteiger partial charge in [-0.05, 0) is 30.5 Å². The third-order valence-corrected chi connectivity index (χ3v) is 2.86. The van der Waals surface area contributed by atoms with E-state index in [1.54, 1.807) is 13.1 Å². The fourth-order valence-electron chi connectivity index (χ4n) is 1.66. The van der Waals surface area contributed by atoms with Gasteiger partial charge in [-0.2, -0.15) is 5.26 Å². The molecule has 0 aromatic heterocycles.